The molecule has 0 saturated heterocycles. The van der Waals surface area contributed by atoms with Crippen molar-refractivity contribution in [1.82, 2.24) is 14.8 Å². The Bertz CT molecular complexity index is 1100. The second-order valence-corrected chi connectivity index (χ2v) is 9.80. The molecule has 0 aliphatic rings. The highest BCUT2D eigenvalue weighted by molar-refractivity contribution is 7.99. The van der Waals surface area contributed by atoms with E-state index in [0.717, 1.165) is 29.1 Å². The van der Waals surface area contributed by atoms with Crippen molar-refractivity contribution < 1.29 is 14.3 Å². The van der Waals surface area contributed by atoms with E-state index in [9.17, 15) is 9.59 Å². The van der Waals surface area contributed by atoms with Crippen molar-refractivity contribution in [2.75, 3.05) is 17.7 Å². The lowest BCUT2D eigenvalue weighted by Crippen LogP contribution is -2.16. The van der Waals surface area contributed by atoms with E-state index in [-0.39, 0.29) is 18.3 Å². The summed E-state index contributed by atoms with van der Waals surface area (Å²) in [5, 5.41) is 14.7. The number of nitrogens with one attached hydrogen (secondary N) is 1. The zero-order valence-corrected chi connectivity index (χ0v) is 20.8. The van der Waals surface area contributed by atoms with Gasteiger partial charge in [-0.25, -0.2) is 4.79 Å². The third-order valence-electron chi connectivity index (χ3n) is 4.50. The van der Waals surface area contributed by atoms with Gasteiger partial charge in [-0.15, -0.1) is 39.4 Å². The fourth-order valence-electron chi connectivity index (χ4n) is 2.95. The van der Waals surface area contributed by atoms with Crippen molar-refractivity contribution in [2.24, 2.45) is 0 Å². The van der Waals surface area contributed by atoms with Crippen molar-refractivity contribution in [2.45, 2.75) is 45.3 Å². The summed E-state index contributed by atoms with van der Waals surface area (Å²) in [6, 6.07) is 3.90. The Morgan fingerprint density at radius 3 is 2.66 bits per heavy atom. The Morgan fingerprint density at radius 2 is 2.00 bits per heavy atom. The van der Waals surface area contributed by atoms with Crippen molar-refractivity contribution in [3.05, 3.63) is 45.5 Å². The first-order valence-corrected chi connectivity index (χ1v) is 13.0. The van der Waals surface area contributed by atoms with E-state index in [2.05, 4.69) is 40.5 Å². The van der Waals surface area contributed by atoms with E-state index >= 15 is 0 Å². The van der Waals surface area contributed by atoms with Crippen LogP contribution >= 0.6 is 34.4 Å². The predicted octanol–water partition coefficient (Wildman–Crippen LogP) is 5.29. The largest absolute Gasteiger partial charge is 0.462 e. The molecule has 0 spiro atoms. The number of ether oxygens (including phenoxy) is 1. The molecular weight excluding hydrogens is 464 g/mol. The van der Waals surface area contributed by atoms with Gasteiger partial charge in [-0.2, -0.15) is 0 Å². The van der Waals surface area contributed by atoms with Gasteiger partial charge in [-0.3, -0.25) is 9.36 Å². The highest BCUT2D eigenvalue weighted by Gasteiger charge is 2.20. The van der Waals surface area contributed by atoms with Crippen LogP contribution in [0.5, 0.6) is 0 Å². The lowest BCUT2D eigenvalue weighted by Gasteiger charge is -2.08. The molecule has 0 aliphatic carbocycles. The monoisotopic (exact) mass is 490 g/mol. The number of anilines is 1. The summed E-state index contributed by atoms with van der Waals surface area (Å²) in [5.41, 5.74) is 1.41. The molecule has 0 aromatic carbocycles. The first-order valence-electron chi connectivity index (χ1n) is 10.3. The molecule has 1 N–H and O–H groups in total. The molecule has 0 radical (unpaired) electrons. The van der Waals surface area contributed by atoms with Crippen molar-refractivity contribution in [1.29, 1.82) is 0 Å². The van der Waals surface area contributed by atoms with Crippen LogP contribution in [0.3, 0.4) is 0 Å². The number of hydrogen-bond acceptors (Lipinski definition) is 8. The van der Waals surface area contributed by atoms with Crippen molar-refractivity contribution in [3.63, 3.8) is 0 Å². The standard InChI is InChI=1S/C22H26N4O3S3/c1-5-9-26-19(14-10-15(6-2)30-12-14)24-25-22(26)31-13-18(27)23-20-17(21(28)29-8-4)11-16(7-3)32-20/h5,10-12H,1,6-9,13H2,2-4H3,(H,23,27). The van der Waals surface area contributed by atoms with E-state index < -0.39 is 5.97 Å². The number of carbonyl (C=O) groups excluding carboxylic acids is 2. The summed E-state index contributed by atoms with van der Waals surface area (Å²) in [4.78, 5) is 27.2. The Labute approximate surface area is 199 Å². The minimum atomic E-state index is -0.427. The van der Waals surface area contributed by atoms with Crippen LogP contribution in [0.1, 0.15) is 40.9 Å². The molecule has 1 amide bonds. The van der Waals surface area contributed by atoms with Gasteiger partial charge < -0.3 is 10.1 Å². The zero-order valence-electron chi connectivity index (χ0n) is 18.3. The maximum absolute atomic E-state index is 12.7. The number of nitrogens with zero attached hydrogens (tertiary/aromatic N) is 3. The average Bonchev–Trinajstić information content (AvgIpc) is 3.51. The molecule has 170 valence electrons. The van der Waals surface area contributed by atoms with Crippen LogP contribution in [0.15, 0.2) is 35.3 Å². The highest BCUT2D eigenvalue weighted by atomic mass is 32.2. The van der Waals surface area contributed by atoms with E-state index in [0.29, 0.717) is 22.3 Å². The Morgan fingerprint density at radius 1 is 1.22 bits per heavy atom. The van der Waals surface area contributed by atoms with Crippen LogP contribution in [0.25, 0.3) is 11.4 Å². The quantitative estimate of drug-likeness (QED) is 0.223. The van der Waals surface area contributed by atoms with Gasteiger partial charge in [0.15, 0.2) is 11.0 Å². The summed E-state index contributed by atoms with van der Waals surface area (Å²) in [5.74, 6) is 0.257. The Hall–Kier alpha value is -2.43. The van der Waals surface area contributed by atoms with E-state index in [1.165, 1.54) is 28.0 Å². The third kappa shape index (κ3) is 5.67. The minimum Gasteiger partial charge on any atom is -0.462 e. The molecule has 3 heterocycles. The number of allylic oxidation sites excluding steroid dienone is 1. The van der Waals surface area contributed by atoms with Crippen LogP contribution in [0, 0.1) is 0 Å². The molecule has 0 unspecified atom stereocenters. The van der Waals surface area contributed by atoms with Crippen LogP contribution in [0.4, 0.5) is 5.00 Å². The van der Waals surface area contributed by atoms with Crippen LogP contribution < -0.4 is 5.32 Å². The fraction of sp³-hybridized carbons (Fsp3) is 0.364. The summed E-state index contributed by atoms with van der Waals surface area (Å²) < 4.78 is 7.07. The molecule has 0 saturated carbocycles. The SMILES string of the molecule is C=CCn1c(SCC(=O)Nc2sc(CC)cc2C(=O)OCC)nnc1-c1csc(CC)c1. The Kier molecular flexibility index (Phi) is 8.66. The lowest BCUT2D eigenvalue weighted by molar-refractivity contribution is -0.113. The molecule has 32 heavy (non-hydrogen) atoms. The van der Waals surface area contributed by atoms with Crippen LogP contribution in [-0.4, -0.2) is 39.0 Å². The van der Waals surface area contributed by atoms with Gasteiger partial charge >= 0.3 is 5.97 Å². The minimum absolute atomic E-state index is 0.140. The molecule has 3 rings (SSSR count). The summed E-state index contributed by atoms with van der Waals surface area (Å²) in [6.45, 7) is 10.5. The smallest absolute Gasteiger partial charge is 0.341 e. The van der Waals surface area contributed by atoms with Gasteiger partial charge in [0.05, 0.1) is 17.9 Å². The fourth-order valence-corrected chi connectivity index (χ4v) is 5.51. The highest BCUT2D eigenvalue weighted by Crippen LogP contribution is 2.31. The number of thiophene rings is 2. The van der Waals surface area contributed by atoms with E-state index in [1.54, 1.807) is 30.4 Å². The topological polar surface area (TPSA) is 86.1 Å². The average molecular weight is 491 g/mol. The molecule has 7 nitrogen and oxygen atoms in total. The normalized spacial score (nSPS) is 10.8. The third-order valence-corrected chi connectivity index (χ3v) is 7.74. The number of rotatable bonds is 11. The summed E-state index contributed by atoms with van der Waals surface area (Å²) in [6.07, 6.45) is 3.53. The molecule has 0 fully saturated rings. The van der Waals surface area contributed by atoms with Crippen molar-refractivity contribution in [3.8, 4) is 11.4 Å². The lowest BCUT2D eigenvalue weighted by atomic mass is 10.2. The number of esters is 1. The first-order chi connectivity index (χ1) is 15.5. The molecule has 3 aromatic rings. The van der Waals surface area contributed by atoms with E-state index in [4.69, 9.17) is 4.74 Å². The number of thioether (sulfide) groups is 1. The van der Waals surface area contributed by atoms with E-state index in [1.807, 2.05) is 11.5 Å². The van der Waals surface area contributed by atoms with Gasteiger partial charge in [-0.1, -0.05) is 31.7 Å². The second-order valence-electron chi connectivity index (χ2n) is 6.73. The zero-order chi connectivity index (χ0) is 23.1. The van der Waals surface area contributed by atoms with Gasteiger partial charge in [-0.05, 0) is 31.9 Å². The molecule has 0 bridgehead atoms. The molecule has 3 aromatic heterocycles. The van der Waals surface area contributed by atoms with Gasteiger partial charge in [0.2, 0.25) is 5.91 Å². The predicted molar refractivity (Wildman–Crippen MR) is 132 cm³/mol. The first kappa shape index (κ1) is 24.2. The number of carbonyl (C=O) groups is 2. The summed E-state index contributed by atoms with van der Waals surface area (Å²) >= 11 is 4.39. The second kappa shape index (κ2) is 11.4. The van der Waals surface area contributed by atoms with Crippen LogP contribution in [0.2, 0.25) is 0 Å². The molecular formula is C22H26N4O3S3. The number of amides is 1. The molecule has 0 aliphatic heterocycles. The maximum atomic E-state index is 12.7. The number of aryl methyl sites for hydroxylation is 2. The summed E-state index contributed by atoms with van der Waals surface area (Å²) in [7, 11) is 0. The molecule has 10 heteroatoms. The number of hydrogen-bond donors (Lipinski definition) is 1. The van der Waals surface area contributed by atoms with Crippen LogP contribution in [-0.2, 0) is 28.9 Å². The van der Waals surface area contributed by atoms with Crippen molar-refractivity contribution >= 4 is 51.3 Å². The maximum Gasteiger partial charge on any atom is 0.341 e. The Balaban J connectivity index is 1.72. The van der Waals surface area contributed by atoms with Gasteiger partial charge in [0, 0.05) is 27.2 Å². The van der Waals surface area contributed by atoms with Gasteiger partial charge in [0.1, 0.15) is 5.00 Å². The molecule has 0 atom stereocenters. The van der Waals surface area contributed by atoms with Gasteiger partial charge in [0.25, 0.3) is 0 Å². The number of aromatic nitrogens is 3.